The fourth-order valence-electron chi connectivity index (χ4n) is 1.81. The lowest BCUT2D eigenvalue weighted by atomic mass is 10.0. The molecule has 0 radical (unpaired) electrons. The zero-order valence-electron chi connectivity index (χ0n) is 9.97. The third-order valence-corrected chi connectivity index (χ3v) is 2.98. The van der Waals surface area contributed by atoms with Gasteiger partial charge >= 0.3 is 0 Å². The second-order valence-corrected chi connectivity index (χ2v) is 4.20. The molecule has 90 valence electrons. The van der Waals surface area contributed by atoms with E-state index in [0.29, 0.717) is 24.2 Å². The van der Waals surface area contributed by atoms with E-state index in [0.717, 1.165) is 0 Å². The summed E-state index contributed by atoms with van der Waals surface area (Å²) in [6.07, 6.45) is 0.148. The summed E-state index contributed by atoms with van der Waals surface area (Å²) in [5, 5.41) is 0. The van der Waals surface area contributed by atoms with E-state index in [9.17, 15) is 9.59 Å². The molecule has 0 aromatic heterocycles. The molecule has 0 N–H and O–H groups in total. The largest absolute Gasteiger partial charge is 0.378 e. The van der Waals surface area contributed by atoms with Gasteiger partial charge < -0.3 is 9.64 Å². The topological polar surface area (TPSA) is 46.6 Å². The number of carbonyl (C=O) groups excluding carboxylic acids is 2. The van der Waals surface area contributed by atoms with Crippen molar-refractivity contribution in [1.29, 1.82) is 0 Å². The van der Waals surface area contributed by atoms with E-state index in [1.165, 1.54) is 6.92 Å². The Labute approximate surface area is 100 Å². The molecule has 1 fully saturated rings. The molecule has 1 aliphatic rings. The maximum atomic E-state index is 12.0. The molecule has 0 unspecified atom stereocenters. The number of ketones is 1. The van der Waals surface area contributed by atoms with Gasteiger partial charge in [0.2, 0.25) is 0 Å². The highest BCUT2D eigenvalue weighted by atomic mass is 16.5. The summed E-state index contributed by atoms with van der Waals surface area (Å²) >= 11 is 0. The van der Waals surface area contributed by atoms with E-state index in [4.69, 9.17) is 4.74 Å². The van der Waals surface area contributed by atoms with Gasteiger partial charge in [-0.15, -0.1) is 0 Å². The van der Waals surface area contributed by atoms with E-state index < -0.39 is 0 Å². The van der Waals surface area contributed by atoms with Crippen molar-refractivity contribution in [2.24, 2.45) is 0 Å². The van der Waals surface area contributed by atoms with Crippen LogP contribution in [0.15, 0.2) is 24.3 Å². The molecule has 0 aliphatic carbocycles. The Morgan fingerprint density at radius 1 is 1.29 bits per heavy atom. The first-order valence-corrected chi connectivity index (χ1v) is 5.55. The number of hydrogen-bond acceptors (Lipinski definition) is 3. The van der Waals surface area contributed by atoms with E-state index >= 15 is 0 Å². The van der Waals surface area contributed by atoms with Crippen LogP contribution in [0.5, 0.6) is 0 Å². The summed E-state index contributed by atoms with van der Waals surface area (Å²) in [6, 6.07) is 6.82. The van der Waals surface area contributed by atoms with Gasteiger partial charge in [-0.25, -0.2) is 0 Å². The lowest BCUT2D eigenvalue weighted by Crippen LogP contribution is -2.54. The summed E-state index contributed by atoms with van der Waals surface area (Å²) in [7, 11) is 1.64. The number of nitrogens with zero attached hydrogens (tertiary/aromatic N) is 1. The molecule has 1 aliphatic heterocycles. The Bertz CT molecular complexity index is 450. The lowest BCUT2D eigenvalue weighted by molar-refractivity contribution is -0.0191. The average molecular weight is 233 g/mol. The Kier molecular flexibility index (Phi) is 3.24. The Morgan fingerprint density at radius 3 is 2.53 bits per heavy atom. The first-order chi connectivity index (χ1) is 8.11. The van der Waals surface area contributed by atoms with Crippen molar-refractivity contribution in [3.05, 3.63) is 35.4 Å². The van der Waals surface area contributed by atoms with Crippen molar-refractivity contribution in [3.8, 4) is 0 Å². The maximum absolute atomic E-state index is 12.0. The van der Waals surface area contributed by atoms with Gasteiger partial charge in [0.05, 0.1) is 6.10 Å². The van der Waals surface area contributed by atoms with Gasteiger partial charge in [-0.3, -0.25) is 9.59 Å². The van der Waals surface area contributed by atoms with E-state index in [1.54, 1.807) is 36.3 Å². The number of rotatable bonds is 3. The van der Waals surface area contributed by atoms with E-state index in [2.05, 4.69) is 0 Å². The zero-order chi connectivity index (χ0) is 12.4. The minimum absolute atomic E-state index is 0.0296. The van der Waals surface area contributed by atoms with Crippen LogP contribution in [-0.2, 0) is 4.74 Å². The molecule has 1 heterocycles. The van der Waals surface area contributed by atoms with Gasteiger partial charge in [0.1, 0.15) is 0 Å². The van der Waals surface area contributed by atoms with Crippen LogP contribution in [0.4, 0.5) is 0 Å². The molecular formula is C13H15NO3. The third-order valence-electron chi connectivity index (χ3n) is 2.98. The quantitative estimate of drug-likeness (QED) is 0.740. The smallest absolute Gasteiger partial charge is 0.254 e. The molecule has 4 nitrogen and oxygen atoms in total. The molecule has 4 heteroatoms. The molecule has 0 atom stereocenters. The number of Topliss-reactive ketones (excluding diaryl/α,β-unsaturated/α-hetero) is 1. The van der Waals surface area contributed by atoms with Crippen molar-refractivity contribution in [3.63, 3.8) is 0 Å². The Hall–Kier alpha value is -1.68. The summed E-state index contributed by atoms with van der Waals surface area (Å²) in [6.45, 7) is 2.74. The summed E-state index contributed by atoms with van der Waals surface area (Å²) in [5.74, 6) is -0.0700. The van der Waals surface area contributed by atoms with Crippen LogP contribution in [0.25, 0.3) is 0 Å². The minimum Gasteiger partial charge on any atom is -0.378 e. The zero-order valence-corrected chi connectivity index (χ0v) is 9.97. The summed E-state index contributed by atoms with van der Waals surface area (Å²) in [4.78, 5) is 25.0. The molecular weight excluding hydrogens is 218 g/mol. The van der Waals surface area contributed by atoms with E-state index in [1.807, 2.05) is 0 Å². The van der Waals surface area contributed by atoms with Gasteiger partial charge in [0.25, 0.3) is 5.91 Å². The summed E-state index contributed by atoms with van der Waals surface area (Å²) < 4.78 is 5.12. The maximum Gasteiger partial charge on any atom is 0.254 e. The Balaban J connectivity index is 2.10. The highest BCUT2D eigenvalue weighted by molar-refractivity contribution is 5.99. The number of ether oxygens (including phenoxy) is 1. The molecule has 0 spiro atoms. The van der Waals surface area contributed by atoms with Crippen molar-refractivity contribution in [2.45, 2.75) is 13.0 Å². The van der Waals surface area contributed by atoms with Crippen LogP contribution < -0.4 is 0 Å². The minimum atomic E-state index is -0.0404. The second-order valence-electron chi connectivity index (χ2n) is 4.20. The number of likely N-dealkylation sites (tertiary alicyclic amines) is 1. The van der Waals surface area contributed by atoms with Gasteiger partial charge in [-0.05, 0) is 19.1 Å². The predicted molar refractivity (Wildman–Crippen MR) is 63.1 cm³/mol. The van der Waals surface area contributed by atoms with Crippen molar-refractivity contribution in [1.82, 2.24) is 4.90 Å². The predicted octanol–water partition coefficient (Wildman–Crippen LogP) is 1.36. The SMILES string of the molecule is COC1CN(C(=O)c2cccc(C(C)=O)c2)C1. The highest BCUT2D eigenvalue weighted by Gasteiger charge is 2.31. The van der Waals surface area contributed by atoms with Crippen LogP contribution >= 0.6 is 0 Å². The third kappa shape index (κ3) is 2.36. The molecule has 0 saturated carbocycles. The van der Waals surface area contributed by atoms with E-state index in [-0.39, 0.29) is 17.8 Å². The van der Waals surface area contributed by atoms with Crippen molar-refractivity contribution >= 4 is 11.7 Å². The fourth-order valence-corrected chi connectivity index (χ4v) is 1.81. The monoisotopic (exact) mass is 233 g/mol. The van der Waals surface area contributed by atoms with Gasteiger partial charge in [-0.2, -0.15) is 0 Å². The molecule has 1 aromatic rings. The molecule has 17 heavy (non-hydrogen) atoms. The molecule has 1 saturated heterocycles. The normalized spacial score (nSPS) is 15.5. The second kappa shape index (κ2) is 4.67. The first-order valence-electron chi connectivity index (χ1n) is 5.55. The number of benzene rings is 1. The van der Waals surface area contributed by atoms with Crippen molar-refractivity contribution < 1.29 is 14.3 Å². The fraction of sp³-hybridized carbons (Fsp3) is 0.385. The van der Waals surface area contributed by atoms with Gasteiger partial charge in [0, 0.05) is 31.3 Å². The summed E-state index contributed by atoms with van der Waals surface area (Å²) in [5.41, 5.74) is 1.13. The van der Waals surface area contributed by atoms with Crippen LogP contribution in [0.2, 0.25) is 0 Å². The van der Waals surface area contributed by atoms with Crippen LogP contribution in [0.1, 0.15) is 27.6 Å². The lowest BCUT2D eigenvalue weighted by Gasteiger charge is -2.38. The number of methoxy groups -OCH3 is 1. The highest BCUT2D eigenvalue weighted by Crippen LogP contribution is 2.16. The molecule has 2 rings (SSSR count). The molecule has 0 bridgehead atoms. The molecule has 1 aromatic carbocycles. The van der Waals surface area contributed by atoms with Crippen LogP contribution in [0.3, 0.4) is 0 Å². The number of amides is 1. The van der Waals surface area contributed by atoms with Crippen molar-refractivity contribution in [2.75, 3.05) is 20.2 Å². The van der Waals surface area contributed by atoms with Crippen LogP contribution in [0, 0.1) is 0 Å². The van der Waals surface area contributed by atoms with Gasteiger partial charge in [-0.1, -0.05) is 12.1 Å². The number of hydrogen-bond donors (Lipinski definition) is 0. The van der Waals surface area contributed by atoms with Crippen LogP contribution in [-0.4, -0.2) is 42.9 Å². The standard InChI is InChI=1S/C13H15NO3/c1-9(15)10-4-3-5-11(6-10)13(16)14-7-12(8-14)17-2/h3-6,12H,7-8H2,1-2H3. The molecule has 1 amide bonds. The first kappa shape index (κ1) is 11.8. The Morgan fingerprint density at radius 2 is 1.94 bits per heavy atom. The average Bonchev–Trinajstić information content (AvgIpc) is 2.27. The number of carbonyl (C=O) groups is 2. The van der Waals surface area contributed by atoms with Gasteiger partial charge in [0.15, 0.2) is 5.78 Å².